The van der Waals surface area contributed by atoms with E-state index in [1.54, 1.807) is 6.07 Å². The SMILES string of the molecule is Cc1ccc(O)c(CN2CCN(CC(C)C)CC2)c1. The Kier molecular flexibility index (Phi) is 4.83. The lowest BCUT2D eigenvalue weighted by Gasteiger charge is -2.35. The van der Waals surface area contributed by atoms with Gasteiger partial charge in [0, 0.05) is 44.8 Å². The fourth-order valence-electron chi connectivity index (χ4n) is 2.73. The standard InChI is InChI=1S/C16H26N2O/c1-13(2)11-17-6-8-18(9-7-17)12-15-10-14(3)4-5-16(15)19/h4-5,10,13,19H,6-9,11-12H2,1-3H3. The Morgan fingerprint density at radius 2 is 1.74 bits per heavy atom. The Balaban J connectivity index is 1.87. The minimum atomic E-state index is 0.426. The molecule has 1 heterocycles. The van der Waals surface area contributed by atoms with Crippen LogP contribution in [0.5, 0.6) is 5.75 Å². The Bertz CT molecular complexity index is 409. The Morgan fingerprint density at radius 1 is 1.11 bits per heavy atom. The maximum Gasteiger partial charge on any atom is 0.120 e. The molecule has 19 heavy (non-hydrogen) atoms. The van der Waals surface area contributed by atoms with Gasteiger partial charge in [-0.05, 0) is 18.9 Å². The second-order valence-electron chi connectivity index (χ2n) is 6.10. The third-order valence-corrected chi connectivity index (χ3v) is 3.72. The number of rotatable bonds is 4. The fourth-order valence-corrected chi connectivity index (χ4v) is 2.73. The number of phenols is 1. The highest BCUT2D eigenvalue weighted by atomic mass is 16.3. The van der Waals surface area contributed by atoms with Crippen molar-refractivity contribution in [2.45, 2.75) is 27.3 Å². The normalized spacial score (nSPS) is 18.1. The van der Waals surface area contributed by atoms with Crippen LogP contribution in [0.2, 0.25) is 0 Å². The van der Waals surface area contributed by atoms with Gasteiger partial charge in [0.15, 0.2) is 0 Å². The third-order valence-electron chi connectivity index (χ3n) is 3.72. The van der Waals surface area contributed by atoms with Gasteiger partial charge >= 0.3 is 0 Å². The monoisotopic (exact) mass is 262 g/mol. The van der Waals surface area contributed by atoms with E-state index in [0.717, 1.165) is 44.2 Å². The number of piperazine rings is 1. The topological polar surface area (TPSA) is 26.7 Å². The predicted molar refractivity (Wildman–Crippen MR) is 79.4 cm³/mol. The molecular formula is C16H26N2O. The largest absolute Gasteiger partial charge is 0.508 e. The van der Waals surface area contributed by atoms with E-state index in [4.69, 9.17) is 0 Å². The van der Waals surface area contributed by atoms with Crippen LogP contribution in [0.15, 0.2) is 18.2 Å². The van der Waals surface area contributed by atoms with Crippen molar-refractivity contribution < 1.29 is 5.11 Å². The highest BCUT2D eigenvalue weighted by Crippen LogP contribution is 2.20. The Morgan fingerprint density at radius 3 is 2.37 bits per heavy atom. The molecule has 1 aliphatic heterocycles. The van der Waals surface area contributed by atoms with E-state index >= 15 is 0 Å². The van der Waals surface area contributed by atoms with Gasteiger partial charge in [0.2, 0.25) is 0 Å². The number of hydrogen-bond acceptors (Lipinski definition) is 3. The number of aromatic hydroxyl groups is 1. The fraction of sp³-hybridized carbons (Fsp3) is 0.625. The lowest BCUT2D eigenvalue weighted by atomic mass is 10.1. The van der Waals surface area contributed by atoms with Crippen LogP contribution in [0, 0.1) is 12.8 Å². The zero-order valence-electron chi connectivity index (χ0n) is 12.4. The maximum absolute atomic E-state index is 9.90. The van der Waals surface area contributed by atoms with E-state index in [0.29, 0.717) is 5.75 Å². The molecule has 0 saturated carbocycles. The average Bonchev–Trinajstić information content (AvgIpc) is 2.35. The summed E-state index contributed by atoms with van der Waals surface area (Å²) in [6, 6.07) is 5.86. The molecule has 1 aromatic rings. The summed E-state index contributed by atoms with van der Waals surface area (Å²) in [7, 11) is 0. The van der Waals surface area contributed by atoms with Crippen molar-refractivity contribution in [3.8, 4) is 5.75 Å². The molecular weight excluding hydrogens is 236 g/mol. The molecule has 1 saturated heterocycles. The highest BCUT2D eigenvalue weighted by molar-refractivity contribution is 5.35. The van der Waals surface area contributed by atoms with Gasteiger partial charge < -0.3 is 10.0 Å². The van der Waals surface area contributed by atoms with E-state index in [9.17, 15) is 5.11 Å². The average molecular weight is 262 g/mol. The van der Waals surface area contributed by atoms with Crippen molar-refractivity contribution in [3.05, 3.63) is 29.3 Å². The minimum Gasteiger partial charge on any atom is -0.508 e. The first kappa shape index (κ1) is 14.4. The summed E-state index contributed by atoms with van der Waals surface area (Å²) >= 11 is 0. The van der Waals surface area contributed by atoms with E-state index in [1.807, 2.05) is 6.07 Å². The molecule has 2 rings (SSSR count). The van der Waals surface area contributed by atoms with Gasteiger partial charge in [-0.1, -0.05) is 31.5 Å². The van der Waals surface area contributed by atoms with E-state index in [1.165, 1.54) is 12.1 Å². The molecule has 0 radical (unpaired) electrons. The van der Waals surface area contributed by atoms with E-state index < -0.39 is 0 Å². The molecule has 0 aliphatic carbocycles. The quantitative estimate of drug-likeness (QED) is 0.903. The van der Waals surface area contributed by atoms with Gasteiger partial charge in [-0.15, -0.1) is 0 Å². The molecule has 1 fully saturated rings. The van der Waals surface area contributed by atoms with Crippen molar-refractivity contribution >= 4 is 0 Å². The third kappa shape index (κ3) is 4.22. The van der Waals surface area contributed by atoms with Gasteiger partial charge in [0.25, 0.3) is 0 Å². The van der Waals surface area contributed by atoms with Gasteiger partial charge in [0.1, 0.15) is 5.75 Å². The zero-order valence-corrected chi connectivity index (χ0v) is 12.4. The number of hydrogen-bond donors (Lipinski definition) is 1. The van der Waals surface area contributed by atoms with Crippen molar-refractivity contribution in [3.63, 3.8) is 0 Å². The van der Waals surface area contributed by atoms with Crippen molar-refractivity contribution in [1.82, 2.24) is 9.80 Å². The summed E-state index contributed by atoms with van der Waals surface area (Å²) in [4.78, 5) is 4.97. The van der Waals surface area contributed by atoms with Crippen molar-refractivity contribution in [2.75, 3.05) is 32.7 Å². The van der Waals surface area contributed by atoms with Crippen LogP contribution in [0.4, 0.5) is 0 Å². The molecule has 0 amide bonds. The smallest absolute Gasteiger partial charge is 0.120 e. The molecule has 0 unspecified atom stereocenters. The van der Waals surface area contributed by atoms with Crippen LogP contribution in [0.1, 0.15) is 25.0 Å². The highest BCUT2D eigenvalue weighted by Gasteiger charge is 2.18. The van der Waals surface area contributed by atoms with Gasteiger partial charge in [-0.25, -0.2) is 0 Å². The summed E-state index contributed by atoms with van der Waals surface area (Å²) in [5.41, 5.74) is 2.27. The molecule has 0 aromatic heterocycles. The summed E-state index contributed by atoms with van der Waals surface area (Å²) < 4.78 is 0. The van der Waals surface area contributed by atoms with Crippen LogP contribution in [0.25, 0.3) is 0 Å². The first-order valence-corrected chi connectivity index (χ1v) is 7.28. The van der Waals surface area contributed by atoms with Crippen LogP contribution in [-0.2, 0) is 6.54 Å². The van der Waals surface area contributed by atoms with Crippen LogP contribution in [-0.4, -0.2) is 47.6 Å². The molecule has 106 valence electrons. The number of phenolic OH excluding ortho intramolecular Hbond substituents is 1. The van der Waals surface area contributed by atoms with Crippen LogP contribution in [0.3, 0.4) is 0 Å². The molecule has 0 bridgehead atoms. The second kappa shape index (κ2) is 6.40. The van der Waals surface area contributed by atoms with E-state index in [-0.39, 0.29) is 0 Å². The molecule has 1 N–H and O–H groups in total. The zero-order chi connectivity index (χ0) is 13.8. The lowest BCUT2D eigenvalue weighted by molar-refractivity contribution is 0.117. The minimum absolute atomic E-state index is 0.426. The number of benzene rings is 1. The summed E-state index contributed by atoms with van der Waals surface area (Å²) in [5, 5.41) is 9.90. The molecule has 3 heteroatoms. The predicted octanol–water partition coefficient (Wildman–Crippen LogP) is 2.47. The van der Waals surface area contributed by atoms with E-state index in [2.05, 4.69) is 36.6 Å². The molecule has 0 atom stereocenters. The first-order valence-electron chi connectivity index (χ1n) is 7.28. The molecule has 1 aliphatic rings. The second-order valence-corrected chi connectivity index (χ2v) is 6.10. The molecule has 1 aromatic carbocycles. The summed E-state index contributed by atoms with van der Waals surface area (Å²) in [5.74, 6) is 1.17. The van der Waals surface area contributed by atoms with Crippen LogP contribution >= 0.6 is 0 Å². The number of aryl methyl sites for hydroxylation is 1. The lowest BCUT2D eigenvalue weighted by Crippen LogP contribution is -2.46. The van der Waals surface area contributed by atoms with Gasteiger partial charge in [0.05, 0.1) is 0 Å². The Hall–Kier alpha value is -1.06. The van der Waals surface area contributed by atoms with Crippen molar-refractivity contribution in [1.29, 1.82) is 0 Å². The van der Waals surface area contributed by atoms with Gasteiger partial charge in [-0.3, -0.25) is 4.90 Å². The Labute approximate surface area is 116 Å². The first-order chi connectivity index (χ1) is 9.04. The van der Waals surface area contributed by atoms with Crippen LogP contribution < -0.4 is 0 Å². The molecule has 3 nitrogen and oxygen atoms in total. The maximum atomic E-state index is 9.90. The summed E-state index contributed by atoms with van der Waals surface area (Å²) in [6.07, 6.45) is 0. The van der Waals surface area contributed by atoms with Gasteiger partial charge in [-0.2, -0.15) is 0 Å². The number of nitrogens with zero attached hydrogens (tertiary/aromatic N) is 2. The molecule has 0 spiro atoms. The summed E-state index contributed by atoms with van der Waals surface area (Å²) in [6.45, 7) is 13.2. The van der Waals surface area contributed by atoms with Crippen molar-refractivity contribution in [2.24, 2.45) is 5.92 Å².